The molecule has 0 atom stereocenters. The molecule has 0 saturated carbocycles. The van der Waals surface area contributed by atoms with Crippen molar-refractivity contribution in [2.45, 2.75) is 39.0 Å². The maximum Gasteiger partial charge on any atom is 0.134 e. The molecule has 0 bridgehead atoms. The molecule has 1 nitrogen and oxygen atoms in total. The largest absolute Gasteiger partial charge is 0.457 e. The van der Waals surface area contributed by atoms with Crippen LogP contribution in [0.4, 0.5) is 0 Å². The number of rotatable bonds is 6. The van der Waals surface area contributed by atoms with Gasteiger partial charge in [-0.25, -0.2) is 0 Å². The Balaban J connectivity index is 1.87. The molecule has 2 rings (SSSR count). The normalized spacial score (nSPS) is 11.6. The smallest absolute Gasteiger partial charge is 0.134 e. The van der Waals surface area contributed by atoms with Gasteiger partial charge in [0, 0.05) is 5.39 Å². The molecule has 0 aliphatic heterocycles. The molecular formula is C16H20O. The Kier molecular flexibility index (Phi) is 4.43. The Morgan fingerprint density at radius 3 is 2.82 bits per heavy atom. The van der Waals surface area contributed by atoms with Gasteiger partial charge in [0.25, 0.3) is 0 Å². The summed E-state index contributed by atoms with van der Waals surface area (Å²) < 4.78 is 5.71. The number of fused-ring (bicyclic) bond motifs is 1. The van der Waals surface area contributed by atoms with Crippen molar-refractivity contribution < 1.29 is 4.42 Å². The van der Waals surface area contributed by atoms with Crippen molar-refractivity contribution in [2.75, 3.05) is 0 Å². The van der Waals surface area contributed by atoms with Crippen LogP contribution in [-0.2, 0) is 0 Å². The van der Waals surface area contributed by atoms with Crippen molar-refractivity contribution >= 4 is 17.0 Å². The molecule has 0 radical (unpaired) electrons. The van der Waals surface area contributed by atoms with Gasteiger partial charge in [-0.3, -0.25) is 0 Å². The predicted octanol–water partition coefficient (Wildman–Crippen LogP) is 5.42. The standard InChI is InChI=1S/C16H20O/c1-2-3-4-5-6-7-11-15-13-14-10-8-9-12-16(14)17-15/h7-13H,2-6H2,1H3. The molecule has 90 valence electrons. The molecule has 1 aromatic heterocycles. The fourth-order valence-electron chi connectivity index (χ4n) is 1.97. The zero-order valence-corrected chi connectivity index (χ0v) is 10.5. The second-order valence-corrected chi connectivity index (χ2v) is 4.44. The van der Waals surface area contributed by atoms with Crippen LogP contribution in [0.3, 0.4) is 0 Å². The third-order valence-corrected chi connectivity index (χ3v) is 2.95. The molecule has 0 unspecified atom stereocenters. The number of hydrogen-bond donors (Lipinski definition) is 0. The van der Waals surface area contributed by atoms with Gasteiger partial charge in [-0.2, -0.15) is 0 Å². The minimum atomic E-state index is 0.960. The van der Waals surface area contributed by atoms with Gasteiger partial charge in [0.15, 0.2) is 0 Å². The lowest BCUT2D eigenvalue weighted by atomic mass is 10.1. The first-order valence-electron chi connectivity index (χ1n) is 6.55. The van der Waals surface area contributed by atoms with E-state index in [2.05, 4.69) is 31.2 Å². The molecule has 0 aliphatic rings. The Hall–Kier alpha value is -1.50. The Morgan fingerprint density at radius 2 is 2.00 bits per heavy atom. The number of para-hydroxylation sites is 1. The molecule has 1 heterocycles. The highest BCUT2D eigenvalue weighted by Gasteiger charge is 1.98. The van der Waals surface area contributed by atoms with E-state index >= 15 is 0 Å². The molecule has 0 spiro atoms. The summed E-state index contributed by atoms with van der Waals surface area (Å²) in [4.78, 5) is 0. The van der Waals surface area contributed by atoms with Crippen LogP contribution in [0, 0.1) is 0 Å². The highest BCUT2D eigenvalue weighted by Crippen LogP contribution is 2.19. The first-order chi connectivity index (χ1) is 8.40. The molecule has 1 aromatic carbocycles. The molecule has 0 N–H and O–H groups in total. The quantitative estimate of drug-likeness (QED) is 0.602. The van der Waals surface area contributed by atoms with Crippen molar-refractivity contribution in [2.24, 2.45) is 0 Å². The second kappa shape index (κ2) is 6.29. The average Bonchev–Trinajstić information content (AvgIpc) is 2.76. The molecule has 0 fully saturated rings. The summed E-state index contributed by atoms with van der Waals surface area (Å²) in [6, 6.07) is 10.2. The highest BCUT2D eigenvalue weighted by atomic mass is 16.3. The van der Waals surface area contributed by atoms with Crippen LogP contribution in [0.1, 0.15) is 44.8 Å². The zero-order chi connectivity index (χ0) is 11.9. The van der Waals surface area contributed by atoms with Crippen molar-refractivity contribution in [3.8, 4) is 0 Å². The van der Waals surface area contributed by atoms with Gasteiger partial charge >= 0.3 is 0 Å². The van der Waals surface area contributed by atoms with Gasteiger partial charge < -0.3 is 4.42 Å². The third-order valence-electron chi connectivity index (χ3n) is 2.95. The van der Waals surface area contributed by atoms with Crippen LogP contribution in [0.5, 0.6) is 0 Å². The summed E-state index contributed by atoms with van der Waals surface area (Å²) in [6.07, 6.45) is 10.7. The van der Waals surface area contributed by atoms with Crippen LogP contribution in [0.25, 0.3) is 17.0 Å². The van der Waals surface area contributed by atoms with E-state index in [0.29, 0.717) is 0 Å². The van der Waals surface area contributed by atoms with E-state index in [1.165, 1.54) is 31.1 Å². The van der Waals surface area contributed by atoms with Crippen molar-refractivity contribution in [1.29, 1.82) is 0 Å². The first kappa shape index (κ1) is 12.0. The van der Waals surface area contributed by atoms with Gasteiger partial charge in [-0.15, -0.1) is 0 Å². The highest BCUT2D eigenvalue weighted by molar-refractivity contribution is 5.79. The summed E-state index contributed by atoms with van der Waals surface area (Å²) in [6.45, 7) is 2.24. The summed E-state index contributed by atoms with van der Waals surface area (Å²) in [7, 11) is 0. The van der Waals surface area contributed by atoms with E-state index in [-0.39, 0.29) is 0 Å². The van der Waals surface area contributed by atoms with Crippen molar-refractivity contribution in [3.63, 3.8) is 0 Å². The second-order valence-electron chi connectivity index (χ2n) is 4.44. The first-order valence-corrected chi connectivity index (χ1v) is 6.55. The SMILES string of the molecule is CCCCCCC=Cc1cc2ccccc2o1. The summed E-state index contributed by atoms with van der Waals surface area (Å²) >= 11 is 0. The predicted molar refractivity (Wildman–Crippen MR) is 74.0 cm³/mol. The molecule has 1 heteroatoms. The van der Waals surface area contributed by atoms with E-state index in [4.69, 9.17) is 4.42 Å². The third kappa shape index (κ3) is 3.48. The maximum absolute atomic E-state index is 5.71. The monoisotopic (exact) mass is 228 g/mol. The van der Waals surface area contributed by atoms with Crippen molar-refractivity contribution in [1.82, 2.24) is 0 Å². The lowest BCUT2D eigenvalue weighted by Crippen LogP contribution is -1.73. The zero-order valence-electron chi connectivity index (χ0n) is 10.5. The number of benzene rings is 1. The average molecular weight is 228 g/mol. The topological polar surface area (TPSA) is 13.1 Å². The molecule has 0 saturated heterocycles. The van der Waals surface area contributed by atoms with E-state index < -0.39 is 0 Å². The molecule has 17 heavy (non-hydrogen) atoms. The summed E-state index contributed by atoms with van der Waals surface area (Å²) in [5.74, 6) is 0.960. The molecular weight excluding hydrogens is 208 g/mol. The van der Waals surface area contributed by atoms with E-state index in [1.54, 1.807) is 0 Å². The molecule has 0 amide bonds. The number of allylic oxidation sites excluding steroid dienone is 1. The number of furan rings is 1. The number of hydrogen-bond acceptors (Lipinski definition) is 1. The number of unbranched alkanes of at least 4 members (excludes halogenated alkanes) is 4. The lowest BCUT2D eigenvalue weighted by Gasteiger charge is -1.93. The van der Waals surface area contributed by atoms with Gasteiger partial charge in [-0.05, 0) is 31.1 Å². The van der Waals surface area contributed by atoms with Crippen LogP contribution in [0.2, 0.25) is 0 Å². The minimum Gasteiger partial charge on any atom is -0.457 e. The Labute approximate surface area is 103 Å². The maximum atomic E-state index is 5.71. The van der Waals surface area contributed by atoms with E-state index in [0.717, 1.165) is 17.8 Å². The summed E-state index contributed by atoms with van der Waals surface area (Å²) in [5.41, 5.74) is 0.970. The van der Waals surface area contributed by atoms with Crippen LogP contribution in [0.15, 0.2) is 40.8 Å². The molecule has 0 aliphatic carbocycles. The van der Waals surface area contributed by atoms with Gasteiger partial charge in [-0.1, -0.05) is 50.5 Å². The molecule has 2 aromatic rings. The van der Waals surface area contributed by atoms with Crippen LogP contribution >= 0.6 is 0 Å². The van der Waals surface area contributed by atoms with Crippen LogP contribution < -0.4 is 0 Å². The van der Waals surface area contributed by atoms with E-state index in [9.17, 15) is 0 Å². The fraction of sp³-hybridized carbons (Fsp3) is 0.375. The van der Waals surface area contributed by atoms with Gasteiger partial charge in [0.05, 0.1) is 0 Å². The van der Waals surface area contributed by atoms with Gasteiger partial charge in [0.1, 0.15) is 11.3 Å². The summed E-state index contributed by atoms with van der Waals surface area (Å²) in [5, 5.41) is 1.18. The van der Waals surface area contributed by atoms with Crippen molar-refractivity contribution in [3.05, 3.63) is 42.2 Å². The minimum absolute atomic E-state index is 0.960. The van der Waals surface area contributed by atoms with Crippen LogP contribution in [-0.4, -0.2) is 0 Å². The van der Waals surface area contributed by atoms with E-state index in [1.807, 2.05) is 18.2 Å². The Morgan fingerprint density at radius 1 is 1.12 bits per heavy atom. The van der Waals surface area contributed by atoms with Gasteiger partial charge in [0.2, 0.25) is 0 Å². The Bertz CT molecular complexity index is 446. The lowest BCUT2D eigenvalue weighted by molar-refractivity contribution is 0.603. The fourth-order valence-corrected chi connectivity index (χ4v) is 1.97.